The summed E-state index contributed by atoms with van der Waals surface area (Å²) in [5.74, 6) is 1.18. The third kappa shape index (κ3) is 5.72. The Hall–Kier alpha value is -2.55. The van der Waals surface area contributed by atoms with Crippen LogP contribution in [0.5, 0.6) is 11.5 Å². The second-order valence-corrected chi connectivity index (χ2v) is 8.09. The quantitative estimate of drug-likeness (QED) is 0.501. The van der Waals surface area contributed by atoms with Gasteiger partial charge >= 0.3 is 7.82 Å². The van der Waals surface area contributed by atoms with Gasteiger partial charge in [0.25, 0.3) is 0 Å². The highest BCUT2D eigenvalue weighted by Crippen LogP contribution is 2.44. The molecular weight excluding hydrogens is 359 g/mol. The number of hydrogen-bond acceptors (Lipinski definition) is 3. The molecule has 0 spiro atoms. The van der Waals surface area contributed by atoms with Crippen molar-refractivity contribution in [3.05, 3.63) is 84.4 Å². The van der Waals surface area contributed by atoms with E-state index in [1.165, 1.54) is 5.56 Å². The maximum atomic E-state index is 12.1. The van der Waals surface area contributed by atoms with Gasteiger partial charge in [0.05, 0.1) is 0 Å². The molecule has 0 radical (unpaired) electrons. The van der Waals surface area contributed by atoms with Crippen LogP contribution in [0.1, 0.15) is 19.4 Å². The van der Waals surface area contributed by atoms with Crippen LogP contribution >= 0.6 is 7.82 Å². The zero-order valence-electron chi connectivity index (χ0n) is 15.4. The van der Waals surface area contributed by atoms with Crippen LogP contribution < -0.4 is 9.05 Å². The van der Waals surface area contributed by atoms with Gasteiger partial charge in [-0.15, -0.1) is 0 Å². The van der Waals surface area contributed by atoms with Crippen molar-refractivity contribution in [2.45, 2.75) is 20.3 Å². The molecule has 4 nitrogen and oxygen atoms in total. The number of hydrogen-bond donors (Lipinski definition) is 1. The fourth-order valence-corrected chi connectivity index (χ4v) is 3.59. The number of phosphoric acid groups is 1. The molecule has 0 amide bonds. The molecule has 3 rings (SSSR count). The first-order valence-electron chi connectivity index (χ1n) is 8.88. The molecule has 140 valence electrons. The van der Waals surface area contributed by atoms with E-state index in [4.69, 9.17) is 9.05 Å². The fraction of sp³-hybridized carbons (Fsp3) is 0.182. The largest absolute Gasteiger partial charge is 0.584 e. The summed E-state index contributed by atoms with van der Waals surface area (Å²) in [5.41, 5.74) is 3.41. The van der Waals surface area contributed by atoms with Crippen LogP contribution in [0.25, 0.3) is 11.1 Å². The van der Waals surface area contributed by atoms with Crippen LogP contribution in [0.15, 0.2) is 78.9 Å². The van der Waals surface area contributed by atoms with Gasteiger partial charge in [0.2, 0.25) is 0 Å². The van der Waals surface area contributed by atoms with Crippen molar-refractivity contribution in [3.8, 4) is 22.6 Å². The second-order valence-electron chi connectivity index (χ2n) is 6.78. The van der Waals surface area contributed by atoms with Crippen molar-refractivity contribution in [1.29, 1.82) is 0 Å². The molecule has 5 heteroatoms. The molecule has 0 bridgehead atoms. The Morgan fingerprint density at radius 2 is 1.26 bits per heavy atom. The molecule has 1 unspecified atom stereocenters. The molecule has 0 aliphatic rings. The first-order chi connectivity index (χ1) is 12.9. The van der Waals surface area contributed by atoms with E-state index < -0.39 is 7.82 Å². The van der Waals surface area contributed by atoms with Crippen LogP contribution in [-0.2, 0) is 11.0 Å². The van der Waals surface area contributed by atoms with E-state index in [0.29, 0.717) is 5.92 Å². The predicted molar refractivity (Wildman–Crippen MR) is 108 cm³/mol. The lowest BCUT2D eigenvalue weighted by Gasteiger charge is -2.14. The molecule has 0 saturated heterocycles. The molecule has 27 heavy (non-hydrogen) atoms. The minimum absolute atomic E-state index is 0.275. The van der Waals surface area contributed by atoms with Gasteiger partial charge in [-0.3, -0.25) is 4.89 Å². The highest BCUT2D eigenvalue weighted by molar-refractivity contribution is 7.48. The van der Waals surface area contributed by atoms with Crippen LogP contribution in [0.3, 0.4) is 0 Å². The molecule has 3 aromatic carbocycles. The van der Waals surface area contributed by atoms with Crippen molar-refractivity contribution < 1.29 is 18.5 Å². The summed E-state index contributed by atoms with van der Waals surface area (Å²) >= 11 is 0. The van der Waals surface area contributed by atoms with E-state index in [0.717, 1.165) is 17.5 Å². The maximum absolute atomic E-state index is 12.1. The first-order valence-corrected chi connectivity index (χ1v) is 10.4. The normalized spacial score (nSPS) is 13.2. The number of rotatable bonds is 7. The van der Waals surface area contributed by atoms with E-state index in [1.54, 1.807) is 42.5 Å². The average Bonchev–Trinajstić information content (AvgIpc) is 2.63. The molecule has 0 fully saturated rings. The molecule has 3 aromatic rings. The topological polar surface area (TPSA) is 55.8 Å². The summed E-state index contributed by atoms with van der Waals surface area (Å²) in [6.45, 7) is 4.40. The first kappa shape index (κ1) is 19.2. The Kier molecular flexibility index (Phi) is 6.00. The Morgan fingerprint density at radius 3 is 1.78 bits per heavy atom. The number of phosphoric ester groups is 1. The van der Waals surface area contributed by atoms with Crippen molar-refractivity contribution in [1.82, 2.24) is 0 Å². The van der Waals surface area contributed by atoms with Gasteiger partial charge < -0.3 is 9.05 Å². The molecular formula is C22H23O4P. The highest BCUT2D eigenvalue weighted by atomic mass is 31.2. The molecule has 1 N–H and O–H groups in total. The molecule has 0 saturated carbocycles. The number of para-hydroxylation sites is 1. The molecule has 0 heterocycles. The van der Waals surface area contributed by atoms with Crippen LogP contribution in [0.4, 0.5) is 0 Å². The predicted octanol–water partition coefficient (Wildman–Crippen LogP) is 6.11. The van der Waals surface area contributed by atoms with Crippen molar-refractivity contribution >= 4 is 7.82 Å². The molecule has 0 aliphatic carbocycles. The summed E-state index contributed by atoms with van der Waals surface area (Å²) in [5, 5.41) is 0. The standard InChI is InChI=1S/C22H23O4P/c1-17(2)16-18-8-10-19(11-9-18)20-12-14-22(15-13-20)26-27(23,24)25-21-6-4-3-5-7-21/h3-15,17H,16H2,1-2H3,(H,23,24). The summed E-state index contributed by atoms with van der Waals surface area (Å²) in [6.07, 6.45) is 1.06. The minimum atomic E-state index is -4.24. The Labute approximate surface area is 160 Å². The molecule has 1 atom stereocenters. The van der Waals surface area contributed by atoms with Gasteiger partial charge in [0.1, 0.15) is 11.5 Å². The third-order valence-electron chi connectivity index (χ3n) is 3.97. The summed E-state index contributed by atoms with van der Waals surface area (Å²) in [4.78, 5) is 9.92. The monoisotopic (exact) mass is 382 g/mol. The van der Waals surface area contributed by atoms with Crippen molar-refractivity contribution in [3.63, 3.8) is 0 Å². The van der Waals surface area contributed by atoms with E-state index in [2.05, 4.69) is 38.1 Å². The van der Waals surface area contributed by atoms with E-state index in [9.17, 15) is 9.46 Å². The lowest BCUT2D eigenvalue weighted by molar-refractivity contribution is 0.291. The van der Waals surface area contributed by atoms with Gasteiger partial charge in [-0.05, 0) is 53.3 Å². The maximum Gasteiger partial charge on any atom is 0.584 e. The summed E-state index contributed by atoms with van der Waals surface area (Å²) < 4.78 is 22.3. The number of benzene rings is 3. The Morgan fingerprint density at radius 1 is 0.778 bits per heavy atom. The fourth-order valence-electron chi connectivity index (χ4n) is 2.78. The van der Waals surface area contributed by atoms with Crippen LogP contribution in [0, 0.1) is 5.92 Å². The molecule has 0 aliphatic heterocycles. The summed E-state index contributed by atoms with van der Waals surface area (Å²) in [6, 6.07) is 23.9. The lowest BCUT2D eigenvalue weighted by atomic mass is 9.99. The zero-order valence-corrected chi connectivity index (χ0v) is 16.3. The second kappa shape index (κ2) is 8.43. The van der Waals surface area contributed by atoms with Crippen molar-refractivity contribution in [2.24, 2.45) is 5.92 Å². The van der Waals surface area contributed by atoms with Gasteiger partial charge in [-0.25, -0.2) is 4.57 Å². The summed E-state index contributed by atoms with van der Waals surface area (Å²) in [7, 11) is -4.24. The van der Waals surface area contributed by atoms with Crippen LogP contribution in [-0.4, -0.2) is 4.89 Å². The van der Waals surface area contributed by atoms with E-state index in [1.807, 2.05) is 12.1 Å². The van der Waals surface area contributed by atoms with Crippen LogP contribution in [0.2, 0.25) is 0 Å². The van der Waals surface area contributed by atoms with E-state index >= 15 is 0 Å². The zero-order chi connectivity index (χ0) is 19.3. The molecule has 0 aromatic heterocycles. The Bertz CT molecular complexity index is 903. The minimum Gasteiger partial charge on any atom is -0.395 e. The SMILES string of the molecule is CC(C)Cc1ccc(-c2ccc(OP(=O)(O)Oc3ccccc3)cc2)cc1. The van der Waals surface area contributed by atoms with E-state index in [-0.39, 0.29) is 11.5 Å². The third-order valence-corrected chi connectivity index (χ3v) is 4.85. The van der Waals surface area contributed by atoms with Crippen molar-refractivity contribution in [2.75, 3.05) is 0 Å². The lowest BCUT2D eigenvalue weighted by Crippen LogP contribution is -1.99. The Balaban J connectivity index is 1.67. The van der Waals surface area contributed by atoms with Gasteiger partial charge in [0, 0.05) is 0 Å². The van der Waals surface area contributed by atoms with Gasteiger partial charge in [-0.1, -0.05) is 68.4 Å². The van der Waals surface area contributed by atoms with Gasteiger partial charge in [-0.2, -0.15) is 0 Å². The average molecular weight is 382 g/mol. The highest BCUT2D eigenvalue weighted by Gasteiger charge is 2.24. The van der Waals surface area contributed by atoms with Gasteiger partial charge in [0.15, 0.2) is 0 Å². The smallest absolute Gasteiger partial charge is 0.395 e.